The molecule has 3 rings (SSSR count). The van der Waals surface area contributed by atoms with Crippen LogP contribution in [-0.2, 0) is 23.2 Å². The Bertz CT molecular complexity index is 1080. The highest BCUT2D eigenvalue weighted by Crippen LogP contribution is 2.40. The summed E-state index contributed by atoms with van der Waals surface area (Å²) in [4.78, 5) is 12.7. The molecule has 0 fully saturated rings. The van der Waals surface area contributed by atoms with Crippen LogP contribution < -0.4 is 19.5 Å². The lowest BCUT2D eigenvalue weighted by atomic mass is 9.87. The molecule has 3 aromatic rings. The van der Waals surface area contributed by atoms with E-state index < -0.39 is 0 Å². The van der Waals surface area contributed by atoms with Gasteiger partial charge in [-0.2, -0.15) is 5.10 Å². The molecule has 0 saturated carbocycles. The number of carbonyl (C=O) groups is 1. The van der Waals surface area contributed by atoms with Crippen molar-refractivity contribution in [2.24, 2.45) is 0 Å². The molecule has 1 amide bonds. The quantitative estimate of drug-likeness (QED) is 0.505. The fraction of sp³-hybridized carbons (Fsp3) is 0.385. The molecule has 0 aliphatic heterocycles. The number of nitrogens with zero attached hydrogens (tertiary/aromatic N) is 2. The van der Waals surface area contributed by atoms with Crippen molar-refractivity contribution in [1.29, 1.82) is 0 Å². The Morgan fingerprint density at radius 3 is 2.24 bits per heavy atom. The minimum absolute atomic E-state index is 0.100. The molecular formula is C26H33N3O4. The number of benzene rings is 2. The summed E-state index contributed by atoms with van der Waals surface area (Å²) in [7, 11) is 4.72. The fourth-order valence-electron chi connectivity index (χ4n) is 3.66. The monoisotopic (exact) mass is 451 g/mol. The predicted octanol–water partition coefficient (Wildman–Crippen LogP) is 4.83. The largest absolute Gasteiger partial charge is 0.493 e. The van der Waals surface area contributed by atoms with Crippen LogP contribution in [-0.4, -0.2) is 37.0 Å². The van der Waals surface area contributed by atoms with Crippen LogP contribution in [0.2, 0.25) is 0 Å². The molecule has 1 aromatic heterocycles. The van der Waals surface area contributed by atoms with Crippen molar-refractivity contribution in [2.75, 3.05) is 26.6 Å². The SMILES string of the molecule is COc1ccc(CCC(=O)Nc2ccnn2Cc2ccc(C(C)(C)C)cc2)c(OC)c1OC. The minimum atomic E-state index is -0.100. The highest BCUT2D eigenvalue weighted by Gasteiger charge is 2.17. The molecule has 0 saturated heterocycles. The maximum Gasteiger partial charge on any atom is 0.225 e. The second kappa shape index (κ2) is 10.4. The number of aromatic nitrogens is 2. The molecule has 0 spiro atoms. The lowest BCUT2D eigenvalue weighted by Crippen LogP contribution is -2.17. The van der Waals surface area contributed by atoms with E-state index in [0.29, 0.717) is 36.0 Å². The van der Waals surface area contributed by atoms with Crippen molar-refractivity contribution in [3.8, 4) is 17.2 Å². The minimum Gasteiger partial charge on any atom is -0.493 e. The molecule has 33 heavy (non-hydrogen) atoms. The zero-order valence-corrected chi connectivity index (χ0v) is 20.3. The highest BCUT2D eigenvalue weighted by molar-refractivity contribution is 5.90. The van der Waals surface area contributed by atoms with Gasteiger partial charge in [-0.25, -0.2) is 4.68 Å². The number of aryl methyl sites for hydroxylation is 1. The molecule has 0 unspecified atom stereocenters. The normalized spacial score (nSPS) is 11.2. The number of hydrogen-bond acceptors (Lipinski definition) is 5. The van der Waals surface area contributed by atoms with Crippen LogP contribution in [0.4, 0.5) is 5.82 Å². The van der Waals surface area contributed by atoms with Crippen molar-refractivity contribution in [1.82, 2.24) is 9.78 Å². The summed E-state index contributed by atoms with van der Waals surface area (Å²) in [6.07, 6.45) is 2.48. The van der Waals surface area contributed by atoms with Crippen molar-refractivity contribution in [2.45, 2.75) is 45.6 Å². The average Bonchev–Trinajstić information content (AvgIpc) is 3.22. The first-order chi connectivity index (χ1) is 15.8. The Hall–Kier alpha value is -3.48. The first-order valence-corrected chi connectivity index (χ1v) is 11.0. The molecule has 0 aliphatic rings. The van der Waals surface area contributed by atoms with E-state index in [1.54, 1.807) is 38.3 Å². The van der Waals surface area contributed by atoms with E-state index in [1.165, 1.54) is 5.56 Å². The van der Waals surface area contributed by atoms with Crippen molar-refractivity contribution < 1.29 is 19.0 Å². The van der Waals surface area contributed by atoms with Crippen LogP contribution in [0.15, 0.2) is 48.7 Å². The van der Waals surface area contributed by atoms with E-state index in [0.717, 1.165) is 11.1 Å². The number of methoxy groups -OCH3 is 3. The lowest BCUT2D eigenvalue weighted by molar-refractivity contribution is -0.116. The van der Waals surface area contributed by atoms with E-state index in [9.17, 15) is 4.79 Å². The van der Waals surface area contributed by atoms with Crippen LogP contribution in [0.1, 0.15) is 43.9 Å². The molecule has 7 nitrogen and oxygen atoms in total. The maximum absolute atomic E-state index is 12.7. The van der Waals surface area contributed by atoms with Crippen molar-refractivity contribution in [3.63, 3.8) is 0 Å². The molecular weight excluding hydrogens is 418 g/mol. The summed E-state index contributed by atoms with van der Waals surface area (Å²) in [6.45, 7) is 7.17. The Kier molecular flexibility index (Phi) is 7.63. The Balaban J connectivity index is 1.64. The second-order valence-corrected chi connectivity index (χ2v) is 8.86. The molecule has 0 atom stereocenters. The summed E-state index contributed by atoms with van der Waals surface area (Å²) < 4.78 is 18.1. The summed E-state index contributed by atoms with van der Waals surface area (Å²) >= 11 is 0. The van der Waals surface area contributed by atoms with Crippen molar-refractivity contribution >= 4 is 11.7 Å². The van der Waals surface area contributed by atoms with Gasteiger partial charge >= 0.3 is 0 Å². The van der Waals surface area contributed by atoms with Crippen LogP contribution in [0.25, 0.3) is 0 Å². The number of hydrogen-bond donors (Lipinski definition) is 1. The van der Waals surface area contributed by atoms with Crippen LogP contribution in [0.5, 0.6) is 17.2 Å². The third kappa shape index (κ3) is 5.86. The summed E-state index contributed by atoms with van der Waals surface area (Å²) in [5, 5.41) is 7.34. The standard InChI is InChI=1S/C26H33N3O4/c1-26(2,3)20-11-7-18(8-12-20)17-29-22(15-16-27-29)28-23(30)14-10-19-9-13-21(31-4)25(33-6)24(19)32-5/h7-9,11-13,15-16H,10,14,17H2,1-6H3,(H,28,30). The molecule has 1 N–H and O–H groups in total. The summed E-state index contributed by atoms with van der Waals surface area (Å²) in [6, 6.07) is 14.0. The smallest absolute Gasteiger partial charge is 0.225 e. The number of amides is 1. The van der Waals surface area contributed by atoms with E-state index in [2.05, 4.69) is 55.5 Å². The zero-order valence-electron chi connectivity index (χ0n) is 20.3. The van der Waals surface area contributed by atoms with Gasteiger partial charge in [0.25, 0.3) is 0 Å². The van der Waals surface area contributed by atoms with E-state index in [-0.39, 0.29) is 17.7 Å². The van der Waals surface area contributed by atoms with Crippen LogP contribution in [0.3, 0.4) is 0 Å². The van der Waals surface area contributed by atoms with Gasteiger partial charge in [-0.1, -0.05) is 51.1 Å². The van der Waals surface area contributed by atoms with E-state index in [4.69, 9.17) is 14.2 Å². The van der Waals surface area contributed by atoms with Gasteiger partial charge in [0.15, 0.2) is 11.5 Å². The van der Waals surface area contributed by atoms with Gasteiger partial charge in [0, 0.05) is 12.5 Å². The van der Waals surface area contributed by atoms with Gasteiger partial charge in [0.2, 0.25) is 11.7 Å². The van der Waals surface area contributed by atoms with Gasteiger partial charge in [0.1, 0.15) is 5.82 Å². The third-order valence-corrected chi connectivity index (χ3v) is 5.54. The highest BCUT2D eigenvalue weighted by atomic mass is 16.5. The number of carbonyl (C=O) groups excluding carboxylic acids is 1. The number of anilines is 1. The Morgan fingerprint density at radius 1 is 0.939 bits per heavy atom. The van der Waals surface area contributed by atoms with Gasteiger partial charge in [-0.05, 0) is 34.6 Å². The zero-order chi connectivity index (χ0) is 24.0. The molecule has 0 radical (unpaired) electrons. The first kappa shape index (κ1) is 24.2. The second-order valence-electron chi connectivity index (χ2n) is 8.86. The molecule has 2 aromatic carbocycles. The van der Waals surface area contributed by atoms with Gasteiger partial charge in [0.05, 0.1) is 34.1 Å². The topological polar surface area (TPSA) is 74.6 Å². The fourth-order valence-corrected chi connectivity index (χ4v) is 3.66. The lowest BCUT2D eigenvalue weighted by Gasteiger charge is -2.19. The number of rotatable bonds is 9. The van der Waals surface area contributed by atoms with E-state index >= 15 is 0 Å². The summed E-state index contributed by atoms with van der Waals surface area (Å²) in [5.41, 5.74) is 3.39. The number of ether oxygens (including phenoxy) is 3. The van der Waals surface area contributed by atoms with Gasteiger partial charge < -0.3 is 19.5 Å². The molecule has 7 heteroatoms. The molecule has 0 aliphatic carbocycles. The third-order valence-electron chi connectivity index (χ3n) is 5.54. The van der Waals surface area contributed by atoms with Gasteiger partial charge in [-0.15, -0.1) is 0 Å². The first-order valence-electron chi connectivity index (χ1n) is 11.0. The predicted molar refractivity (Wildman–Crippen MR) is 130 cm³/mol. The Morgan fingerprint density at radius 2 is 1.64 bits per heavy atom. The molecule has 1 heterocycles. The van der Waals surface area contributed by atoms with Crippen molar-refractivity contribution in [3.05, 3.63) is 65.4 Å². The van der Waals surface area contributed by atoms with E-state index in [1.807, 2.05) is 12.1 Å². The van der Waals surface area contributed by atoms with Crippen LogP contribution >= 0.6 is 0 Å². The number of nitrogens with one attached hydrogen (secondary N) is 1. The average molecular weight is 452 g/mol. The van der Waals surface area contributed by atoms with Gasteiger partial charge in [-0.3, -0.25) is 4.79 Å². The van der Waals surface area contributed by atoms with Crippen LogP contribution in [0, 0.1) is 0 Å². The summed E-state index contributed by atoms with van der Waals surface area (Å²) in [5.74, 6) is 2.25. The molecule has 0 bridgehead atoms. The Labute approximate surface area is 195 Å². The molecule has 176 valence electrons. The maximum atomic E-state index is 12.7.